The van der Waals surface area contributed by atoms with E-state index in [1.807, 2.05) is 6.92 Å². The maximum absolute atomic E-state index is 11.8. The van der Waals surface area contributed by atoms with Crippen molar-refractivity contribution >= 4 is 29.1 Å². The van der Waals surface area contributed by atoms with Crippen LogP contribution in [-0.2, 0) is 11.3 Å². The first-order chi connectivity index (χ1) is 9.06. The number of halogens is 2. The van der Waals surface area contributed by atoms with Crippen LogP contribution < -0.4 is 5.32 Å². The molecule has 0 radical (unpaired) electrons. The maximum Gasteiger partial charge on any atom is 0.242 e. The van der Waals surface area contributed by atoms with E-state index in [4.69, 9.17) is 23.2 Å². The zero-order chi connectivity index (χ0) is 13.8. The Morgan fingerprint density at radius 1 is 1.47 bits per heavy atom. The average molecular weight is 300 g/mol. The highest BCUT2D eigenvalue weighted by atomic mass is 35.5. The van der Waals surface area contributed by atoms with Crippen LogP contribution in [0.4, 0.5) is 0 Å². The molecule has 0 aliphatic heterocycles. The third-order valence-electron chi connectivity index (χ3n) is 2.50. The van der Waals surface area contributed by atoms with E-state index >= 15 is 0 Å². The first kappa shape index (κ1) is 13.8. The molecule has 2 aromatic rings. The van der Waals surface area contributed by atoms with E-state index in [-0.39, 0.29) is 18.5 Å². The number of hydrogen-bond acceptors (Lipinski definition) is 4. The fourth-order valence-corrected chi connectivity index (χ4v) is 2.19. The molecular weight excluding hydrogens is 289 g/mol. The summed E-state index contributed by atoms with van der Waals surface area (Å²) in [6, 6.07) is 4.93. The Kier molecular flexibility index (Phi) is 4.34. The van der Waals surface area contributed by atoms with Gasteiger partial charge < -0.3 is 5.32 Å². The van der Waals surface area contributed by atoms with Crippen LogP contribution in [-0.4, -0.2) is 26.1 Å². The molecule has 1 atom stereocenters. The summed E-state index contributed by atoms with van der Waals surface area (Å²) in [5.41, 5.74) is 0.802. The number of rotatable bonds is 4. The standard InChI is InChI=1S/C11H11Cl2N5O/c1-7(9-3-2-8(12)4-10(9)13)15-11(19)5-18-6-14-16-17-18/h2-4,6-7H,5H2,1H3,(H,15,19)/t7-/m0/s1. The fourth-order valence-electron chi connectivity index (χ4n) is 1.62. The van der Waals surface area contributed by atoms with Crippen molar-refractivity contribution in [1.29, 1.82) is 0 Å². The quantitative estimate of drug-likeness (QED) is 0.935. The number of amides is 1. The lowest BCUT2D eigenvalue weighted by Crippen LogP contribution is -2.30. The predicted molar refractivity (Wildman–Crippen MR) is 70.8 cm³/mol. The van der Waals surface area contributed by atoms with Gasteiger partial charge in [0.2, 0.25) is 5.91 Å². The molecule has 0 bridgehead atoms. The highest BCUT2D eigenvalue weighted by Crippen LogP contribution is 2.25. The number of tetrazole rings is 1. The van der Waals surface area contributed by atoms with Crippen molar-refractivity contribution in [2.24, 2.45) is 0 Å². The van der Waals surface area contributed by atoms with Crippen LogP contribution in [0.3, 0.4) is 0 Å². The van der Waals surface area contributed by atoms with Gasteiger partial charge in [-0.25, -0.2) is 4.68 Å². The predicted octanol–water partition coefficient (Wildman–Crippen LogP) is 1.86. The highest BCUT2D eigenvalue weighted by Gasteiger charge is 2.13. The Morgan fingerprint density at radius 2 is 2.26 bits per heavy atom. The first-order valence-electron chi connectivity index (χ1n) is 5.51. The molecule has 19 heavy (non-hydrogen) atoms. The van der Waals surface area contributed by atoms with Crippen LogP contribution >= 0.6 is 23.2 Å². The highest BCUT2D eigenvalue weighted by molar-refractivity contribution is 6.35. The van der Waals surface area contributed by atoms with Gasteiger partial charge >= 0.3 is 0 Å². The lowest BCUT2D eigenvalue weighted by Gasteiger charge is -2.15. The second kappa shape index (κ2) is 5.99. The summed E-state index contributed by atoms with van der Waals surface area (Å²) < 4.78 is 1.34. The zero-order valence-corrected chi connectivity index (χ0v) is 11.6. The lowest BCUT2D eigenvalue weighted by atomic mass is 10.1. The summed E-state index contributed by atoms with van der Waals surface area (Å²) in [7, 11) is 0. The van der Waals surface area contributed by atoms with Gasteiger partial charge in [-0.1, -0.05) is 29.3 Å². The van der Waals surface area contributed by atoms with E-state index in [0.717, 1.165) is 5.56 Å². The number of aromatic nitrogens is 4. The van der Waals surface area contributed by atoms with Crippen LogP contribution in [0, 0.1) is 0 Å². The zero-order valence-electron chi connectivity index (χ0n) is 10.0. The lowest BCUT2D eigenvalue weighted by molar-refractivity contribution is -0.122. The van der Waals surface area contributed by atoms with Crippen molar-refractivity contribution in [3.05, 3.63) is 40.1 Å². The topological polar surface area (TPSA) is 72.7 Å². The van der Waals surface area contributed by atoms with Crippen LogP contribution in [0.15, 0.2) is 24.5 Å². The number of nitrogens with one attached hydrogen (secondary N) is 1. The summed E-state index contributed by atoms with van der Waals surface area (Å²) >= 11 is 11.9. The first-order valence-corrected chi connectivity index (χ1v) is 6.27. The van der Waals surface area contributed by atoms with Crippen LogP contribution in [0.25, 0.3) is 0 Å². The van der Waals surface area contributed by atoms with Crippen LogP contribution in [0.5, 0.6) is 0 Å². The summed E-state index contributed by atoms with van der Waals surface area (Å²) in [6.07, 6.45) is 1.37. The van der Waals surface area contributed by atoms with Crippen molar-refractivity contribution in [3.8, 4) is 0 Å². The minimum atomic E-state index is -0.228. The SMILES string of the molecule is C[C@H](NC(=O)Cn1cnnn1)c1ccc(Cl)cc1Cl. The molecule has 0 fully saturated rings. The molecule has 2 rings (SSSR count). The van der Waals surface area contributed by atoms with Crippen molar-refractivity contribution in [2.75, 3.05) is 0 Å². The molecule has 0 saturated heterocycles. The van der Waals surface area contributed by atoms with Gasteiger partial charge in [0, 0.05) is 10.0 Å². The molecule has 100 valence electrons. The van der Waals surface area contributed by atoms with E-state index in [9.17, 15) is 4.79 Å². The third-order valence-corrected chi connectivity index (χ3v) is 3.07. The van der Waals surface area contributed by atoms with Crippen molar-refractivity contribution in [1.82, 2.24) is 25.5 Å². The number of carbonyl (C=O) groups is 1. The largest absolute Gasteiger partial charge is 0.348 e. The van der Waals surface area contributed by atoms with Gasteiger partial charge in [-0.15, -0.1) is 5.10 Å². The maximum atomic E-state index is 11.8. The Labute approximate surface area is 119 Å². The molecule has 6 nitrogen and oxygen atoms in total. The van der Waals surface area contributed by atoms with Crippen LogP contribution in [0.2, 0.25) is 10.0 Å². The van der Waals surface area contributed by atoms with E-state index in [2.05, 4.69) is 20.8 Å². The summed E-state index contributed by atoms with van der Waals surface area (Å²) in [5.74, 6) is -0.203. The number of carbonyl (C=O) groups excluding carboxylic acids is 1. The van der Waals surface area contributed by atoms with E-state index in [0.29, 0.717) is 10.0 Å². The summed E-state index contributed by atoms with van der Waals surface area (Å²) in [6.45, 7) is 1.90. The smallest absolute Gasteiger partial charge is 0.242 e. The third kappa shape index (κ3) is 3.65. The summed E-state index contributed by atoms with van der Waals surface area (Å²) in [5, 5.41) is 14.4. The average Bonchev–Trinajstić information content (AvgIpc) is 2.81. The molecule has 1 aromatic heterocycles. The Morgan fingerprint density at radius 3 is 2.89 bits per heavy atom. The van der Waals surface area contributed by atoms with Crippen molar-refractivity contribution < 1.29 is 4.79 Å². The van der Waals surface area contributed by atoms with E-state index in [1.54, 1.807) is 18.2 Å². The second-order valence-corrected chi connectivity index (χ2v) is 4.81. The molecule has 1 aromatic carbocycles. The van der Waals surface area contributed by atoms with Gasteiger partial charge in [0.15, 0.2) is 0 Å². The number of benzene rings is 1. The minimum absolute atomic E-state index is 0.0581. The molecule has 1 N–H and O–H groups in total. The van der Waals surface area contributed by atoms with Gasteiger partial charge in [-0.3, -0.25) is 4.79 Å². The Balaban J connectivity index is 2.00. The molecule has 0 spiro atoms. The molecule has 0 aliphatic carbocycles. The summed E-state index contributed by atoms with van der Waals surface area (Å²) in [4.78, 5) is 11.8. The van der Waals surface area contributed by atoms with Gasteiger partial charge in [0.1, 0.15) is 12.9 Å². The van der Waals surface area contributed by atoms with Gasteiger partial charge in [0.25, 0.3) is 0 Å². The fraction of sp³-hybridized carbons (Fsp3) is 0.273. The normalized spacial score (nSPS) is 12.2. The second-order valence-electron chi connectivity index (χ2n) is 3.96. The molecule has 1 heterocycles. The van der Waals surface area contributed by atoms with Gasteiger partial charge in [-0.2, -0.15) is 0 Å². The van der Waals surface area contributed by atoms with Gasteiger partial charge in [-0.05, 0) is 35.0 Å². The minimum Gasteiger partial charge on any atom is -0.348 e. The van der Waals surface area contributed by atoms with E-state index in [1.165, 1.54) is 11.0 Å². The van der Waals surface area contributed by atoms with Crippen LogP contribution in [0.1, 0.15) is 18.5 Å². The monoisotopic (exact) mass is 299 g/mol. The Hall–Kier alpha value is -1.66. The molecule has 8 heteroatoms. The number of hydrogen-bond donors (Lipinski definition) is 1. The van der Waals surface area contributed by atoms with Crippen molar-refractivity contribution in [3.63, 3.8) is 0 Å². The molecule has 0 saturated carbocycles. The van der Waals surface area contributed by atoms with Gasteiger partial charge in [0.05, 0.1) is 6.04 Å². The molecule has 1 amide bonds. The number of nitrogens with zero attached hydrogens (tertiary/aromatic N) is 4. The molecule has 0 unspecified atom stereocenters. The Bertz CT molecular complexity index is 572. The van der Waals surface area contributed by atoms with E-state index < -0.39 is 0 Å². The van der Waals surface area contributed by atoms with Crippen molar-refractivity contribution in [2.45, 2.75) is 19.5 Å². The molecular formula is C11H11Cl2N5O. The molecule has 0 aliphatic rings.